The van der Waals surface area contributed by atoms with E-state index >= 15 is 0 Å². The van der Waals surface area contributed by atoms with Crippen molar-refractivity contribution in [3.05, 3.63) is 71.8 Å². The molecule has 4 heteroatoms. The Hall–Kier alpha value is -1.55. The molecule has 0 unspecified atom stereocenters. The smallest absolute Gasteiger partial charge is 0.237 e. The molecule has 88 valence electrons. The summed E-state index contributed by atoms with van der Waals surface area (Å²) in [6, 6.07) is 16.2. The van der Waals surface area contributed by atoms with E-state index in [0.717, 1.165) is 0 Å². The summed E-state index contributed by atoms with van der Waals surface area (Å²) < 4.78 is 39.7. The first-order chi connectivity index (χ1) is 8.09. The van der Waals surface area contributed by atoms with Crippen LogP contribution in [0.2, 0.25) is 0 Å². The van der Waals surface area contributed by atoms with E-state index in [-0.39, 0.29) is 0 Å². The van der Waals surface area contributed by atoms with E-state index < -0.39 is 14.6 Å². The Labute approximate surface area is 99.3 Å². The summed E-state index contributed by atoms with van der Waals surface area (Å²) >= 11 is 0. The number of halogens is 3. The molecule has 0 bridgehead atoms. The minimum atomic E-state index is -5.77. The monoisotopic (exact) mass is 252 g/mol. The van der Waals surface area contributed by atoms with Crippen molar-refractivity contribution in [3.63, 3.8) is 0 Å². The van der Waals surface area contributed by atoms with E-state index in [1.54, 1.807) is 36.4 Å². The predicted octanol–water partition coefficient (Wildman–Crippen LogP) is 4.21. The van der Waals surface area contributed by atoms with Gasteiger partial charge in [0.25, 0.3) is 0 Å². The van der Waals surface area contributed by atoms with Crippen LogP contribution < -0.4 is 0 Å². The first kappa shape index (κ1) is 11.9. The summed E-state index contributed by atoms with van der Waals surface area (Å²) in [5.41, 5.74) is -0.749. The molecule has 0 atom stereocenters. The van der Waals surface area contributed by atoms with Gasteiger partial charge < -0.3 is 0 Å². The molecule has 0 aromatic heterocycles. The zero-order chi connectivity index (χ0) is 12.3. The highest BCUT2D eigenvalue weighted by molar-refractivity contribution is 6.61. The second-order valence-corrected chi connectivity index (χ2v) is 5.46. The van der Waals surface area contributed by atoms with Crippen LogP contribution in [-0.4, -0.2) is 9.08 Å². The lowest BCUT2D eigenvalue weighted by atomic mass is 10.0. The van der Waals surface area contributed by atoms with Gasteiger partial charge in [-0.15, -0.1) is 0 Å². The number of hydrogen-bond donors (Lipinski definition) is 0. The highest BCUT2D eigenvalue weighted by Crippen LogP contribution is 2.36. The van der Waals surface area contributed by atoms with Gasteiger partial charge in [-0.25, -0.2) is 12.3 Å². The highest BCUT2D eigenvalue weighted by Gasteiger charge is 2.48. The maximum atomic E-state index is 13.2. The summed E-state index contributed by atoms with van der Waals surface area (Å²) in [7, 11) is -5.77. The summed E-state index contributed by atoms with van der Waals surface area (Å²) in [5, 5.41) is 0. The first-order valence-corrected chi connectivity index (χ1v) is 6.97. The van der Waals surface area contributed by atoms with Gasteiger partial charge in [-0.05, 0) is 11.1 Å². The van der Waals surface area contributed by atoms with Gasteiger partial charge in [0.15, 0.2) is 0 Å². The Kier molecular flexibility index (Phi) is 3.33. The van der Waals surface area contributed by atoms with Crippen LogP contribution in [0.4, 0.5) is 12.3 Å². The molecule has 2 aromatic carbocycles. The zero-order valence-corrected chi connectivity index (χ0v) is 9.98. The molecule has 0 amide bonds. The Bertz CT molecular complexity index is 426. The Balaban J connectivity index is 2.48. The average molecular weight is 252 g/mol. The number of benzene rings is 2. The van der Waals surface area contributed by atoms with Gasteiger partial charge in [0.2, 0.25) is 0 Å². The molecule has 0 aliphatic heterocycles. The van der Waals surface area contributed by atoms with Crippen molar-refractivity contribution >= 4 is 9.08 Å². The van der Waals surface area contributed by atoms with Crippen LogP contribution in [0.25, 0.3) is 0 Å². The van der Waals surface area contributed by atoms with Gasteiger partial charge in [-0.2, -0.15) is 0 Å². The van der Waals surface area contributed by atoms with Crippen molar-refractivity contribution in [3.8, 4) is 0 Å². The largest absolute Gasteiger partial charge is 0.628 e. The van der Waals surface area contributed by atoms with Gasteiger partial charge >= 0.3 is 9.08 Å². The Morgan fingerprint density at radius 1 is 0.647 bits per heavy atom. The second-order valence-electron chi connectivity index (χ2n) is 3.80. The van der Waals surface area contributed by atoms with Gasteiger partial charge in [-0.1, -0.05) is 60.7 Å². The van der Waals surface area contributed by atoms with Gasteiger partial charge in [0.1, 0.15) is 0 Å². The summed E-state index contributed by atoms with van der Waals surface area (Å²) in [4.78, 5) is 0. The molecule has 0 saturated heterocycles. The molecule has 0 spiro atoms. The summed E-state index contributed by atoms with van der Waals surface area (Å²) in [6.45, 7) is 0. The molecular weight excluding hydrogens is 241 g/mol. The molecule has 17 heavy (non-hydrogen) atoms. The van der Waals surface area contributed by atoms with E-state index in [4.69, 9.17) is 0 Å². The predicted molar refractivity (Wildman–Crippen MR) is 63.8 cm³/mol. The van der Waals surface area contributed by atoms with E-state index in [9.17, 15) is 12.3 Å². The minimum absolute atomic E-state index is 0.331. The van der Waals surface area contributed by atoms with Crippen molar-refractivity contribution < 1.29 is 12.3 Å². The molecular formula is C13H11F3Si. The van der Waals surface area contributed by atoms with Gasteiger partial charge in [0.05, 0.1) is 5.54 Å². The van der Waals surface area contributed by atoms with Crippen LogP contribution in [0.1, 0.15) is 16.7 Å². The van der Waals surface area contributed by atoms with Crippen LogP contribution in [0.15, 0.2) is 60.7 Å². The van der Waals surface area contributed by atoms with E-state index in [1.807, 2.05) is 0 Å². The molecule has 0 fully saturated rings. The Morgan fingerprint density at radius 3 is 1.29 bits per heavy atom. The third kappa shape index (κ3) is 2.77. The van der Waals surface area contributed by atoms with Crippen LogP contribution in [0.5, 0.6) is 0 Å². The van der Waals surface area contributed by atoms with Gasteiger partial charge in [0, 0.05) is 0 Å². The SMILES string of the molecule is F[Si](F)(F)C(c1ccccc1)c1ccccc1. The number of hydrogen-bond acceptors (Lipinski definition) is 0. The maximum absolute atomic E-state index is 13.2. The molecule has 2 rings (SSSR count). The summed E-state index contributed by atoms with van der Waals surface area (Å²) in [6.07, 6.45) is 0. The van der Waals surface area contributed by atoms with Crippen LogP contribution in [-0.2, 0) is 0 Å². The third-order valence-corrected chi connectivity index (χ3v) is 3.91. The quantitative estimate of drug-likeness (QED) is 0.567. The van der Waals surface area contributed by atoms with Crippen molar-refractivity contribution in [1.82, 2.24) is 0 Å². The number of rotatable bonds is 3. The molecule has 0 N–H and O–H groups in total. The molecule has 0 heterocycles. The zero-order valence-electron chi connectivity index (χ0n) is 8.98. The lowest BCUT2D eigenvalue weighted by molar-refractivity contribution is 0.453. The first-order valence-electron chi connectivity index (χ1n) is 5.25. The lowest BCUT2D eigenvalue weighted by Crippen LogP contribution is -2.28. The van der Waals surface area contributed by atoms with Crippen molar-refractivity contribution in [2.75, 3.05) is 0 Å². The topological polar surface area (TPSA) is 0 Å². The fourth-order valence-corrected chi connectivity index (χ4v) is 3.00. The molecule has 0 nitrogen and oxygen atoms in total. The van der Waals surface area contributed by atoms with E-state index in [0.29, 0.717) is 11.1 Å². The van der Waals surface area contributed by atoms with Crippen molar-refractivity contribution in [2.45, 2.75) is 5.54 Å². The van der Waals surface area contributed by atoms with Gasteiger partial charge in [-0.3, -0.25) is 0 Å². The van der Waals surface area contributed by atoms with Crippen molar-refractivity contribution in [1.29, 1.82) is 0 Å². The maximum Gasteiger partial charge on any atom is 0.628 e. The third-order valence-electron chi connectivity index (χ3n) is 2.59. The van der Waals surface area contributed by atoms with Crippen LogP contribution >= 0.6 is 0 Å². The average Bonchev–Trinajstić information content (AvgIpc) is 2.30. The highest BCUT2D eigenvalue weighted by atomic mass is 28.5. The molecule has 0 aliphatic rings. The fraction of sp³-hybridized carbons (Fsp3) is 0.0769. The summed E-state index contributed by atoms with van der Waals surface area (Å²) in [5.74, 6) is 0. The molecule has 0 radical (unpaired) electrons. The fourth-order valence-electron chi connectivity index (χ4n) is 1.86. The minimum Gasteiger partial charge on any atom is -0.237 e. The van der Waals surface area contributed by atoms with Crippen LogP contribution in [0, 0.1) is 0 Å². The molecule has 2 aromatic rings. The van der Waals surface area contributed by atoms with E-state index in [1.165, 1.54) is 24.3 Å². The second kappa shape index (κ2) is 4.75. The normalized spacial score (nSPS) is 11.8. The van der Waals surface area contributed by atoms with Crippen molar-refractivity contribution in [2.24, 2.45) is 0 Å². The van der Waals surface area contributed by atoms with Crippen LogP contribution in [0.3, 0.4) is 0 Å². The molecule has 0 aliphatic carbocycles. The molecule has 0 saturated carbocycles. The lowest BCUT2D eigenvalue weighted by Gasteiger charge is -2.18. The Morgan fingerprint density at radius 2 is 1.00 bits per heavy atom. The van der Waals surface area contributed by atoms with E-state index in [2.05, 4.69) is 0 Å². The standard InChI is InChI=1S/C13H11F3Si/c14-17(15,16)13(11-7-3-1-4-8-11)12-9-5-2-6-10-12/h1-10,13H.